The van der Waals surface area contributed by atoms with E-state index in [4.69, 9.17) is 0 Å². The van der Waals surface area contributed by atoms with Gasteiger partial charge in [0.15, 0.2) is 5.65 Å². The highest BCUT2D eigenvalue weighted by Gasteiger charge is 2.13. The van der Waals surface area contributed by atoms with Crippen molar-refractivity contribution >= 4 is 17.4 Å². The van der Waals surface area contributed by atoms with E-state index >= 15 is 0 Å². The number of hydrogen-bond acceptors (Lipinski definition) is 3. The summed E-state index contributed by atoms with van der Waals surface area (Å²) in [5.41, 5.74) is 2.89. The van der Waals surface area contributed by atoms with Crippen LogP contribution in [0.2, 0.25) is 0 Å². The molecule has 30 heavy (non-hydrogen) atoms. The van der Waals surface area contributed by atoms with Crippen LogP contribution in [0.3, 0.4) is 0 Å². The predicted octanol–water partition coefficient (Wildman–Crippen LogP) is 5.65. The first-order chi connectivity index (χ1) is 14.7. The largest absolute Gasteiger partial charge is 0.296 e. The summed E-state index contributed by atoms with van der Waals surface area (Å²) in [6.07, 6.45) is 3.27. The molecule has 2 heterocycles. The summed E-state index contributed by atoms with van der Waals surface area (Å²) in [5, 5.41) is 2.98. The summed E-state index contributed by atoms with van der Waals surface area (Å²) in [5.74, 6) is -0.391. The van der Waals surface area contributed by atoms with Gasteiger partial charge in [0.2, 0.25) is 0 Å². The van der Waals surface area contributed by atoms with Crippen LogP contribution in [0.4, 0.5) is 4.39 Å². The van der Waals surface area contributed by atoms with Gasteiger partial charge < -0.3 is 0 Å². The minimum atomic E-state index is -0.391. The van der Waals surface area contributed by atoms with Gasteiger partial charge in [-0.25, -0.2) is 13.9 Å². The molecular weight excluding hydrogens is 397 g/mol. The molecule has 0 aliphatic heterocycles. The number of aromatic nitrogens is 3. The van der Waals surface area contributed by atoms with E-state index in [0.29, 0.717) is 16.8 Å². The molecule has 5 rings (SSSR count). The first kappa shape index (κ1) is 18.4. The van der Waals surface area contributed by atoms with Gasteiger partial charge in [0.05, 0.1) is 5.56 Å². The van der Waals surface area contributed by atoms with Crippen LogP contribution in [0.1, 0.15) is 0 Å². The Morgan fingerprint density at radius 1 is 0.833 bits per heavy atom. The number of halogens is 1. The van der Waals surface area contributed by atoms with Crippen LogP contribution >= 0.6 is 11.8 Å². The molecule has 4 nitrogen and oxygen atoms in total. The third kappa shape index (κ3) is 3.42. The number of H-pyrrole nitrogens is 1. The van der Waals surface area contributed by atoms with E-state index in [9.17, 15) is 9.18 Å². The van der Waals surface area contributed by atoms with Crippen molar-refractivity contribution in [3.8, 4) is 22.3 Å². The monoisotopic (exact) mass is 413 g/mol. The van der Waals surface area contributed by atoms with Gasteiger partial charge in [0.1, 0.15) is 5.82 Å². The van der Waals surface area contributed by atoms with Crippen molar-refractivity contribution < 1.29 is 4.39 Å². The minimum absolute atomic E-state index is 0.270. The lowest BCUT2D eigenvalue weighted by Crippen LogP contribution is -2.16. The third-order valence-electron chi connectivity index (χ3n) is 4.82. The minimum Gasteiger partial charge on any atom is -0.296 e. The maximum Gasteiger partial charge on any atom is 0.280 e. The van der Waals surface area contributed by atoms with E-state index in [1.54, 1.807) is 30.1 Å². The van der Waals surface area contributed by atoms with Gasteiger partial charge in [-0.3, -0.25) is 9.89 Å². The highest BCUT2D eigenvalue weighted by Crippen LogP contribution is 2.30. The fourth-order valence-electron chi connectivity index (χ4n) is 3.35. The smallest absolute Gasteiger partial charge is 0.280 e. The zero-order valence-electron chi connectivity index (χ0n) is 15.7. The SMILES string of the molecule is O=c1c(-c2cccc(F)c2)cnc2c(-c3ccc(Sc4ccccc4)cc3)c[nH]n12. The first-order valence-corrected chi connectivity index (χ1v) is 10.2. The molecule has 0 bridgehead atoms. The lowest BCUT2D eigenvalue weighted by atomic mass is 10.1. The van der Waals surface area contributed by atoms with Crippen molar-refractivity contribution in [2.24, 2.45) is 0 Å². The lowest BCUT2D eigenvalue weighted by molar-refractivity contribution is 0.628. The Bertz CT molecular complexity index is 1390. The molecule has 0 aliphatic rings. The number of hydrogen-bond donors (Lipinski definition) is 1. The molecule has 0 saturated carbocycles. The number of benzene rings is 3. The summed E-state index contributed by atoms with van der Waals surface area (Å²) >= 11 is 1.69. The van der Waals surface area contributed by atoms with Crippen LogP contribution in [0.25, 0.3) is 27.9 Å². The van der Waals surface area contributed by atoms with Crippen LogP contribution in [-0.4, -0.2) is 14.6 Å². The molecule has 0 unspecified atom stereocenters. The summed E-state index contributed by atoms with van der Waals surface area (Å²) < 4.78 is 14.9. The molecule has 3 aromatic carbocycles. The Hall–Kier alpha value is -3.64. The van der Waals surface area contributed by atoms with Gasteiger partial charge in [0.25, 0.3) is 5.56 Å². The topological polar surface area (TPSA) is 50.2 Å². The van der Waals surface area contributed by atoms with Gasteiger partial charge in [0, 0.05) is 27.7 Å². The van der Waals surface area contributed by atoms with Crippen LogP contribution in [-0.2, 0) is 0 Å². The van der Waals surface area contributed by atoms with Crippen LogP contribution in [0, 0.1) is 5.82 Å². The molecule has 0 saturated heterocycles. The number of nitrogens with zero attached hydrogens (tertiary/aromatic N) is 2. The van der Waals surface area contributed by atoms with Crippen molar-refractivity contribution in [1.82, 2.24) is 14.6 Å². The van der Waals surface area contributed by atoms with E-state index in [0.717, 1.165) is 16.0 Å². The van der Waals surface area contributed by atoms with Gasteiger partial charge in [-0.05, 0) is 47.5 Å². The summed E-state index contributed by atoms with van der Waals surface area (Å²) in [7, 11) is 0. The molecule has 0 amide bonds. The summed E-state index contributed by atoms with van der Waals surface area (Å²) in [6.45, 7) is 0. The van der Waals surface area contributed by atoms with Crippen LogP contribution in [0.5, 0.6) is 0 Å². The molecule has 0 fully saturated rings. The van der Waals surface area contributed by atoms with Gasteiger partial charge >= 0.3 is 0 Å². The van der Waals surface area contributed by atoms with Crippen molar-refractivity contribution in [1.29, 1.82) is 0 Å². The molecule has 0 atom stereocenters. The third-order valence-corrected chi connectivity index (χ3v) is 5.84. The van der Waals surface area contributed by atoms with E-state index in [-0.39, 0.29) is 5.56 Å². The predicted molar refractivity (Wildman–Crippen MR) is 117 cm³/mol. The highest BCUT2D eigenvalue weighted by atomic mass is 32.2. The molecule has 0 aliphatic carbocycles. The maximum atomic E-state index is 13.6. The molecule has 2 aromatic heterocycles. The molecule has 5 aromatic rings. The second-order valence-corrected chi connectivity index (χ2v) is 7.92. The average molecular weight is 413 g/mol. The fraction of sp³-hybridized carbons (Fsp3) is 0. The fourth-order valence-corrected chi connectivity index (χ4v) is 4.19. The Balaban J connectivity index is 1.49. The molecule has 0 spiro atoms. The van der Waals surface area contributed by atoms with Gasteiger partial charge in [-0.1, -0.05) is 54.2 Å². The molecule has 0 radical (unpaired) electrons. The molecule has 146 valence electrons. The van der Waals surface area contributed by atoms with Crippen LogP contribution < -0.4 is 5.56 Å². The highest BCUT2D eigenvalue weighted by molar-refractivity contribution is 7.99. The van der Waals surface area contributed by atoms with Crippen molar-refractivity contribution in [3.63, 3.8) is 0 Å². The Labute approximate surface area is 176 Å². The van der Waals surface area contributed by atoms with Crippen molar-refractivity contribution in [3.05, 3.63) is 107 Å². The van der Waals surface area contributed by atoms with Gasteiger partial charge in [-0.2, -0.15) is 0 Å². The second kappa shape index (κ2) is 7.65. The summed E-state index contributed by atoms with van der Waals surface area (Å²) in [4.78, 5) is 19.7. The molecule has 6 heteroatoms. The number of rotatable bonds is 4. The normalized spacial score (nSPS) is 11.1. The Kier molecular flexibility index (Phi) is 4.69. The Morgan fingerprint density at radius 2 is 1.60 bits per heavy atom. The quantitative estimate of drug-likeness (QED) is 0.414. The van der Waals surface area contributed by atoms with E-state index in [2.05, 4.69) is 34.3 Å². The number of fused-ring (bicyclic) bond motifs is 1. The lowest BCUT2D eigenvalue weighted by Gasteiger charge is -2.04. The maximum absolute atomic E-state index is 13.6. The van der Waals surface area contributed by atoms with Crippen LogP contribution in [0.15, 0.2) is 106 Å². The Morgan fingerprint density at radius 3 is 2.37 bits per heavy atom. The number of nitrogens with one attached hydrogen (secondary N) is 1. The van der Waals surface area contributed by atoms with E-state index in [1.807, 2.05) is 30.3 Å². The zero-order valence-corrected chi connectivity index (χ0v) is 16.6. The summed E-state index contributed by atoms with van der Waals surface area (Å²) in [6, 6.07) is 24.3. The van der Waals surface area contributed by atoms with Crippen molar-refractivity contribution in [2.45, 2.75) is 9.79 Å². The first-order valence-electron chi connectivity index (χ1n) is 9.37. The standard InChI is InChI=1S/C24H16FN3OS/c25-18-6-4-5-17(13-18)22-14-26-23-21(15-27-28(23)24(22)29)16-9-11-20(12-10-16)30-19-7-2-1-3-8-19/h1-15,27H. The molecular formula is C24H16FN3OS. The van der Waals surface area contributed by atoms with E-state index < -0.39 is 5.82 Å². The second-order valence-electron chi connectivity index (χ2n) is 6.77. The number of aromatic amines is 1. The molecule has 1 N–H and O–H groups in total. The van der Waals surface area contributed by atoms with E-state index in [1.165, 1.54) is 27.7 Å². The van der Waals surface area contributed by atoms with Crippen molar-refractivity contribution in [2.75, 3.05) is 0 Å². The average Bonchev–Trinajstić information content (AvgIpc) is 3.20. The van der Waals surface area contributed by atoms with Gasteiger partial charge in [-0.15, -0.1) is 0 Å². The zero-order chi connectivity index (χ0) is 20.5.